The molecular weight excluding hydrogens is 224 g/mol. The first-order chi connectivity index (χ1) is 7.42. The van der Waals surface area contributed by atoms with Crippen LogP contribution in [-0.4, -0.2) is 16.7 Å². The SMILES string of the molecule is CC(CC(C)(N)C(N)=O)SCc1ccco1. The molecule has 0 spiro atoms. The molecule has 1 amide bonds. The predicted octanol–water partition coefficient (Wildman–Crippen LogP) is 1.49. The highest BCUT2D eigenvalue weighted by Gasteiger charge is 2.28. The number of furan rings is 1. The number of nitrogens with two attached hydrogens (primary N) is 2. The van der Waals surface area contributed by atoms with Crippen molar-refractivity contribution >= 4 is 17.7 Å². The molecule has 0 aromatic carbocycles. The molecule has 2 atom stereocenters. The quantitative estimate of drug-likeness (QED) is 0.792. The maximum absolute atomic E-state index is 11.1. The summed E-state index contributed by atoms with van der Waals surface area (Å²) in [5.74, 6) is 1.25. The van der Waals surface area contributed by atoms with E-state index in [0.717, 1.165) is 11.5 Å². The van der Waals surface area contributed by atoms with Gasteiger partial charge in [-0.1, -0.05) is 6.92 Å². The Morgan fingerprint density at radius 1 is 1.69 bits per heavy atom. The number of hydrogen-bond donors (Lipinski definition) is 2. The molecular formula is C11H18N2O2S. The van der Waals surface area contributed by atoms with Crippen LogP contribution in [0.25, 0.3) is 0 Å². The molecule has 2 unspecified atom stereocenters. The summed E-state index contributed by atoms with van der Waals surface area (Å²) in [6.07, 6.45) is 2.21. The lowest BCUT2D eigenvalue weighted by Crippen LogP contribution is -2.50. The first kappa shape index (κ1) is 13.1. The largest absolute Gasteiger partial charge is 0.468 e. The van der Waals surface area contributed by atoms with E-state index in [9.17, 15) is 4.79 Å². The molecule has 90 valence electrons. The molecule has 0 aliphatic rings. The third kappa shape index (κ3) is 3.90. The van der Waals surface area contributed by atoms with Crippen LogP contribution in [0.1, 0.15) is 26.0 Å². The molecule has 0 bridgehead atoms. The van der Waals surface area contributed by atoms with Crippen LogP contribution in [0.15, 0.2) is 22.8 Å². The lowest BCUT2D eigenvalue weighted by atomic mass is 9.97. The van der Waals surface area contributed by atoms with E-state index in [1.54, 1.807) is 24.9 Å². The Hall–Kier alpha value is -0.940. The van der Waals surface area contributed by atoms with Gasteiger partial charge in [-0.15, -0.1) is 0 Å². The maximum atomic E-state index is 11.1. The van der Waals surface area contributed by atoms with Crippen LogP contribution in [0.3, 0.4) is 0 Å². The summed E-state index contributed by atoms with van der Waals surface area (Å²) >= 11 is 1.70. The molecule has 0 saturated carbocycles. The maximum Gasteiger partial charge on any atom is 0.237 e. The molecule has 0 saturated heterocycles. The van der Waals surface area contributed by atoms with Crippen molar-refractivity contribution in [3.63, 3.8) is 0 Å². The van der Waals surface area contributed by atoms with Crippen LogP contribution in [0, 0.1) is 0 Å². The molecule has 1 aromatic rings. The highest BCUT2D eigenvalue weighted by molar-refractivity contribution is 7.99. The van der Waals surface area contributed by atoms with Crippen molar-refractivity contribution in [3.8, 4) is 0 Å². The normalized spacial score (nSPS) is 16.7. The van der Waals surface area contributed by atoms with Gasteiger partial charge in [-0.25, -0.2) is 0 Å². The summed E-state index contributed by atoms with van der Waals surface area (Å²) in [4.78, 5) is 11.1. The summed E-state index contributed by atoms with van der Waals surface area (Å²) in [7, 11) is 0. The molecule has 4 N–H and O–H groups in total. The van der Waals surface area contributed by atoms with Gasteiger partial charge in [0, 0.05) is 5.25 Å². The van der Waals surface area contributed by atoms with Gasteiger partial charge in [-0.05, 0) is 25.5 Å². The Balaban J connectivity index is 2.36. The average molecular weight is 242 g/mol. The summed E-state index contributed by atoms with van der Waals surface area (Å²) < 4.78 is 5.22. The molecule has 1 aromatic heterocycles. The van der Waals surface area contributed by atoms with Crippen LogP contribution < -0.4 is 11.5 Å². The van der Waals surface area contributed by atoms with E-state index in [-0.39, 0.29) is 5.25 Å². The van der Waals surface area contributed by atoms with Gasteiger partial charge < -0.3 is 15.9 Å². The standard InChI is InChI=1S/C11H18N2O2S/c1-8(6-11(2,13)10(12)14)16-7-9-4-3-5-15-9/h3-5,8H,6-7,13H2,1-2H3,(H2,12,14). The van der Waals surface area contributed by atoms with Crippen molar-refractivity contribution in [1.82, 2.24) is 0 Å². The van der Waals surface area contributed by atoms with Crippen molar-refractivity contribution in [2.24, 2.45) is 11.5 Å². The minimum atomic E-state index is -0.935. The Morgan fingerprint density at radius 2 is 2.38 bits per heavy atom. The zero-order chi connectivity index (χ0) is 12.2. The van der Waals surface area contributed by atoms with Gasteiger partial charge in [0.1, 0.15) is 5.76 Å². The molecule has 0 radical (unpaired) electrons. The van der Waals surface area contributed by atoms with Crippen LogP contribution in [0.2, 0.25) is 0 Å². The van der Waals surface area contributed by atoms with Crippen molar-refractivity contribution in [1.29, 1.82) is 0 Å². The van der Waals surface area contributed by atoms with Crippen LogP contribution in [-0.2, 0) is 10.5 Å². The van der Waals surface area contributed by atoms with E-state index in [2.05, 4.69) is 0 Å². The van der Waals surface area contributed by atoms with Gasteiger partial charge >= 0.3 is 0 Å². The number of amides is 1. The minimum absolute atomic E-state index is 0.257. The Kier molecular flexibility index (Phi) is 4.44. The number of rotatable bonds is 6. The second-order valence-electron chi connectivity index (χ2n) is 4.19. The average Bonchev–Trinajstić information content (AvgIpc) is 2.66. The molecule has 4 nitrogen and oxygen atoms in total. The highest BCUT2D eigenvalue weighted by Crippen LogP contribution is 2.23. The van der Waals surface area contributed by atoms with E-state index in [1.165, 1.54) is 0 Å². The van der Waals surface area contributed by atoms with E-state index in [4.69, 9.17) is 15.9 Å². The zero-order valence-corrected chi connectivity index (χ0v) is 10.4. The summed E-state index contributed by atoms with van der Waals surface area (Å²) in [5.41, 5.74) is 10.1. The fourth-order valence-corrected chi connectivity index (χ4v) is 2.45. The van der Waals surface area contributed by atoms with E-state index in [1.807, 2.05) is 19.1 Å². The van der Waals surface area contributed by atoms with E-state index < -0.39 is 11.4 Å². The van der Waals surface area contributed by atoms with E-state index in [0.29, 0.717) is 6.42 Å². The lowest BCUT2D eigenvalue weighted by molar-refractivity contribution is -0.122. The fourth-order valence-electron chi connectivity index (χ4n) is 1.38. The third-order valence-electron chi connectivity index (χ3n) is 2.36. The smallest absolute Gasteiger partial charge is 0.237 e. The van der Waals surface area contributed by atoms with Crippen LogP contribution >= 0.6 is 11.8 Å². The third-order valence-corrected chi connectivity index (χ3v) is 3.55. The Bertz CT molecular complexity index is 336. The topological polar surface area (TPSA) is 82.2 Å². The highest BCUT2D eigenvalue weighted by atomic mass is 32.2. The lowest BCUT2D eigenvalue weighted by Gasteiger charge is -2.23. The van der Waals surface area contributed by atoms with Gasteiger partial charge in [-0.2, -0.15) is 11.8 Å². The van der Waals surface area contributed by atoms with E-state index >= 15 is 0 Å². The zero-order valence-electron chi connectivity index (χ0n) is 9.60. The molecule has 16 heavy (non-hydrogen) atoms. The number of thioether (sulfide) groups is 1. The van der Waals surface area contributed by atoms with Gasteiger partial charge in [0.2, 0.25) is 5.91 Å². The Labute approximate surface area is 99.7 Å². The van der Waals surface area contributed by atoms with Crippen LogP contribution in [0.4, 0.5) is 0 Å². The first-order valence-corrected chi connectivity index (χ1v) is 6.19. The van der Waals surface area contributed by atoms with Gasteiger partial charge in [0.15, 0.2) is 0 Å². The van der Waals surface area contributed by atoms with Gasteiger partial charge in [0.05, 0.1) is 17.6 Å². The van der Waals surface area contributed by atoms with Crippen molar-refractivity contribution in [2.45, 2.75) is 36.8 Å². The molecule has 1 heterocycles. The second-order valence-corrected chi connectivity index (χ2v) is 5.61. The minimum Gasteiger partial charge on any atom is -0.468 e. The van der Waals surface area contributed by atoms with Gasteiger partial charge in [0.25, 0.3) is 0 Å². The molecule has 0 aliphatic heterocycles. The number of hydrogen-bond acceptors (Lipinski definition) is 4. The predicted molar refractivity (Wildman–Crippen MR) is 65.9 cm³/mol. The molecule has 0 aliphatic carbocycles. The monoisotopic (exact) mass is 242 g/mol. The van der Waals surface area contributed by atoms with Crippen molar-refractivity contribution in [3.05, 3.63) is 24.2 Å². The van der Waals surface area contributed by atoms with Crippen molar-refractivity contribution < 1.29 is 9.21 Å². The van der Waals surface area contributed by atoms with Gasteiger partial charge in [-0.3, -0.25) is 4.79 Å². The second kappa shape index (κ2) is 5.41. The molecule has 5 heteroatoms. The number of primary amides is 1. The number of carbonyl (C=O) groups excluding carboxylic acids is 1. The molecule has 0 fully saturated rings. The van der Waals surface area contributed by atoms with Crippen LogP contribution in [0.5, 0.6) is 0 Å². The summed E-state index contributed by atoms with van der Waals surface area (Å²) in [5, 5.41) is 0.257. The molecule has 1 rings (SSSR count). The summed E-state index contributed by atoms with van der Waals surface area (Å²) in [6, 6.07) is 3.78. The van der Waals surface area contributed by atoms with Crippen molar-refractivity contribution in [2.75, 3.05) is 0 Å². The Morgan fingerprint density at radius 3 is 2.88 bits per heavy atom. The number of carbonyl (C=O) groups is 1. The summed E-state index contributed by atoms with van der Waals surface area (Å²) in [6.45, 7) is 3.70. The fraction of sp³-hybridized carbons (Fsp3) is 0.545. The first-order valence-electron chi connectivity index (χ1n) is 5.14.